The van der Waals surface area contributed by atoms with Crippen molar-refractivity contribution in [2.45, 2.75) is 13.3 Å². The van der Waals surface area contributed by atoms with Gasteiger partial charge in [0.25, 0.3) is 0 Å². The van der Waals surface area contributed by atoms with E-state index in [2.05, 4.69) is 26.6 Å². The van der Waals surface area contributed by atoms with Gasteiger partial charge in [-0.1, -0.05) is 18.2 Å². The summed E-state index contributed by atoms with van der Waals surface area (Å²) < 4.78 is 5.73. The zero-order valence-electron chi connectivity index (χ0n) is 12.6. The molecule has 3 aromatic rings. The minimum atomic E-state index is 0.390. The van der Waals surface area contributed by atoms with E-state index in [1.807, 2.05) is 49.4 Å². The Morgan fingerprint density at radius 1 is 1.17 bits per heavy atom. The molecule has 114 valence electrons. The summed E-state index contributed by atoms with van der Waals surface area (Å²) >= 11 is 0. The van der Waals surface area contributed by atoms with Crippen LogP contribution < -0.4 is 10.1 Å². The van der Waals surface area contributed by atoms with Crippen molar-refractivity contribution in [3.63, 3.8) is 0 Å². The average molecular weight is 305 g/mol. The number of anilines is 2. The first-order chi connectivity index (χ1) is 11.2. The van der Waals surface area contributed by atoms with Gasteiger partial charge >= 0.3 is 0 Å². The van der Waals surface area contributed by atoms with Gasteiger partial charge in [-0.25, -0.2) is 0 Å². The number of hydrogen-bond donors (Lipinski definition) is 2. The summed E-state index contributed by atoms with van der Waals surface area (Å²) in [6.07, 6.45) is 0.390. The van der Waals surface area contributed by atoms with Gasteiger partial charge in [0, 0.05) is 17.8 Å². The zero-order chi connectivity index (χ0) is 16.1. The average Bonchev–Trinajstić information content (AvgIpc) is 2.95. The molecule has 2 heterocycles. The first-order valence-corrected chi connectivity index (χ1v) is 7.13. The van der Waals surface area contributed by atoms with Crippen molar-refractivity contribution < 1.29 is 4.74 Å². The molecular weight excluding hydrogens is 290 g/mol. The normalized spacial score (nSPS) is 10.1. The number of aromatic amines is 1. The largest absolute Gasteiger partial charge is 0.439 e. The first-order valence-electron chi connectivity index (χ1n) is 7.13. The zero-order valence-corrected chi connectivity index (χ0v) is 12.6. The SMILES string of the molecule is Cc1cc(Nc2cccc(Oc3ccc(CC#N)cc3)n2)n[nH]1. The van der Waals surface area contributed by atoms with E-state index in [0.717, 1.165) is 11.3 Å². The highest BCUT2D eigenvalue weighted by Crippen LogP contribution is 2.22. The van der Waals surface area contributed by atoms with Crippen molar-refractivity contribution in [2.24, 2.45) is 0 Å². The number of benzene rings is 1. The van der Waals surface area contributed by atoms with Crippen LogP contribution in [0.4, 0.5) is 11.6 Å². The van der Waals surface area contributed by atoms with Gasteiger partial charge < -0.3 is 10.1 Å². The van der Waals surface area contributed by atoms with Crippen LogP contribution in [0.2, 0.25) is 0 Å². The number of pyridine rings is 1. The summed E-state index contributed by atoms with van der Waals surface area (Å²) in [5, 5.41) is 18.8. The van der Waals surface area contributed by atoms with Gasteiger partial charge in [-0.05, 0) is 30.7 Å². The summed E-state index contributed by atoms with van der Waals surface area (Å²) in [6.45, 7) is 1.93. The lowest BCUT2D eigenvalue weighted by Gasteiger charge is -2.07. The molecule has 3 rings (SSSR count). The molecule has 23 heavy (non-hydrogen) atoms. The molecule has 0 atom stereocenters. The van der Waals surface area contributed by atoms with Crippen LogP contribution in [0.1, 0.15) is 11.3 Å². The van der Waals surface area contributed by atoms with Gasteiger partial charge in [0.05, 0.1) is 12.5 Å². The number of aryl methyl sites for hydroxylation is 1. The second-order valence-electron chi connectivity index (χ2n) is 5.00. The topological polar surface area (TPSA) is 86.6 Å². The second-order valence-corrected chi connectivity index (χ2v) is 5.00. The van der Waals surface area contributed by atoms with Gasteiger partial charge in [-0.2, -0.15) is 15.3 Å². The van der Waals surface area contributed by atoms with Crippen molar-refractivity contribution in [3.8, 4) is 17.7 Å². The van der Waals surface area contributed by atoms with E-state index in [-0.39, 0.29) is 0 Å². The van der Waals surface area contributed by atoms with Crippen LogP contribution >= 0.6 is 0 Å². The summed E-state index contributed by atoms with van der Waals surface area (Å²) in [7, 11) is 0. The Hall–Kier alpha value is -3.33. The third-order valence-corrected chi connectivity index (χ3v) is 3.11. The second kappa shape index (κ2) is 6.62. The monoisotopic (exact) mass is 305 g/mol. The van der Waals surface area contributed by atoms with Crippen LogP contribution in [0.3, 0.4) is 0 Å². The van der Waals surface area contributed by atoms with Crippen LogP contribution in [-0.2, 0) is 6.42 Å². The third-order valence-electron chi connectivity index (χ3n) is 3.11. The van der Waals surface area contributed by atoms with Crippen molar-refractivity contribution in [3.05, 3.63) is 59.8 Å². The molecule has 0 aliphatic heterocycles. The number of nitriles is 1. The van der Waals surface area contributed by atoms with Crippen molar-refractivity contribution >= 4 is 11.6 Å². The van der Waals surface area contributed by atoms with Gasteiger partial charge in [0.15, 0.2) is 5.82 Å². The molecule has 0 spiro atoms. The highest BCUT2D eigenvalue weighted by atomic mass is 16.5. The van der Waals surface area contributed by atoms with Gasteiger partial charge in [0.1, 0.15) is 11.6 Å². The maximum atomic E-state index is 8.67. The predicted octanol–water partition coefficient (Wildman–Crippen LogP) is 3.72. The van der Waals surface area contributed by atoms with Crippen LogP contribution in [0, 0.1) is 18.3 Å². The molecule has 0 aliphatic rings. The summed E-state index contributed by atoms with van der Waals surface area (Å²) in [6, 6.07) is 16.9. The van der Waals surface area contributed by atoms with Gasteiger partial charge in [0.2, 0.25) is 5.88 Å². The molecule has 0 saturated heterocycles. The van der Waals surface area contributed by atoms with Crippen LogP contribution in [0.15, 0.2) is 48.5 Å². The third kappa shape index (κ3) is 3.86. The Balaban J connectivity index is 1.71. The number of nitrogens with zero attached hydrogens (tertiary/aromatic N) is 3. The van der Waals surface area contributed by atoms with E-state index in [1.165, 1.54) is 0 Å². The standard InChI is InChI=1S/C17H15N5O/c1-12-11-16(22-21-12)19-15-3-2-4-17(20-15)23-14-7-5-13(6-8-14)9-10-18/h2-8,11H,9H2,1H3,(H2,19,20,21,22). The molecule has 0 radical (unpaired) electrons. The van der Waals surface area contributed by atoms with Gasteiger partial charge in [-0.3, -0.25) is 5.10 Å². The number of nitrogens with one attached hydrogen (secondary N) is 2. The smallest absolute Gasteiger partial charge is 0.221 e. The Kier molecular flexibility index (Phi) is 4.20. The maximum absolute atomic E-state index is 8.67. The van der Waals surface area contributed by atoms with E-state index in [4.69, 9.17) is 10.00 Å². The van der Waals surface area contributed by atoms with E-state index in [9.17, 15) is 0 Å². The highest BCUT2D eigenvalue weighted by Gasteiger charge is 2.03. The van der Waals surface area contributed by atoms with E-state index >= 15 is 0 Å². The molecule has 0 aliphatic carbocycles. The Morgan fingerprint density at radius 2 is 2.00 bits per heavy atom. The fourth-order valence-corrected chi connectivity index (χ4v) is 2.04. The fraction of sp³-hybridized carbons (Fsp3) is 0.118. The van der Waals surface area contributed by atoms with Crippen LogP contribution in [0.25, 0.3) is 0 Å². The fourth-order valence-electron chi connectivity index (χ4n) is 2.04. The summed E-state index contributed by atoms with van der Waals surface area (Å²) in [4.78, 5) is 4.39. The van der Waals surface area contributed by atoms with Crippen LogP contribution in [-0.4, -0.2) is 15.2 Å². The number of rotatable bonds is 5. The lowest BCUT2D eigenvalue weighted by molar-refractivity contribution is 0.463. The predicted molar refractivity (Wildman–Crippen MR) is 86.7 cm³/mol. The van der Waals surface area contributed by atoms with Crippen molar-refractivity contribution in [1.82, 2.24) is 15.2 Å². The minimum Gasteiger partial charge on any atom is -0.439 e. The van der Waals surface area contributed by atoms with Crippen molar-refractivity contribution in [1.29, 1.82) is 5.26 Å². The number of hydrogen-bond acceptors (Lipinski definition) is 5. The molecule has 0 unspecified atom stereocenters. The molecule has 6 heteroatoms. The molecule has 2 N–H and O–H groups in total. The molecule has 6 nitrogen and oxygen atoms in total. The first kappa shape index (κ1) is 14.6. The molecular formula is C17H15N5O. The molecule has 0 bridgehead atoms. The Labute approximate surface area is 133 Å². The Morgan fingerprint density at radius 3 is 2.70 bits per heavy atom. The lowest BCUT2D eigenvalue weighted by Crippen LogP contribution is -1.95. The summed E-state index contributed by atoms with van der Waals surface area (Å²) in [5.74, 6) is 2.50. The van der Waals surface area contributed by atoms with E-state index in [1.54, 1.807) is 6.07 Å². The quantitative estimate of drug-likeness (QED) is 0.750. The Bertz CT molecular complexity index is 833. The molecule has 0 fully saturated rings. The number of aromatic nitrogens is 3. The molecule has 2 aromatic heterocycles. The van der Waals surface area contributed by atoms with E-state index < -0.39 is 0 Å². The van der Waals surface area contributed by atoms with E-state index in [0.29, 0.717) is 29.7 Å². The van der Waals surface area contributed by atoms with Gasteiger partial charge in [-0.15, -0.1) is 0 Å². The van der Waals surface area contributed by atoms with Crippen LogP contribution in [0.5, 0.6) is 11.6 Å². The molecule has 1 aromatic carbocycles. The number of H-pyrrole nitrogens is 1. The molecule has 0 saturated carbocycles. The minimum absolute atomic E-state index is 0.390. The maximum Gasteiger partial charge on any atom is 0.221 e. The summed E-state index contributed by atoms with van der Waals surface area (Å²) in [5.41, 5.74) is 1.93. The van der Waals surface area contributed by atoms with Crippen molar-refractivity contribution in [2.75, 3.05) is 5.32 Å². The molecule has 0 amide bonds. The lowest BCUT2D eigenvalue weighted by atomic mass is 10.2. The highest BCUT2D eigenvalue weighted by molar-refractivity contribution is 5.52. The number of ether oxygens (including phenoxy) is 1.